The molecule has 4 aliphatic rings. The molecule has 0 bridgehead atoms. The molecule has 9 rings (SSSR count). The van der Waals surface area contributed by atoms with Gasteiger partial charge in [0.25, 0.3) is 6.71 Å². The van der Waals surface area contributed by atoms with E-state index in [0.29, 0.717) is 0 Å². The van der Waals surface area contributed by atoms with Gasteiger partial charge in [0.15, 0.2) is 0 Å². The van der Waals surface area contributed by atoms with E-state index in [1.807, 2.05) is 0 Å². The highest BCUT2D eigenvalue weighted by atomic mass is 15.3. The summed E-state index contributed by atoms with van der Waals surface area (Å²) in [6.07, 6.45) is 5.13. The third-order valence-electron chi connectivity index (χ3n) is 11.3. The Morgan fingerprint density at radius 1 is 0.769 bits per heavy atom. The Morgan fingerprint density at radius 2 is 1.51 bits per heavy atom. The van der Waals surface area contributed by atoms with E-state index in [1.54, 1.807) is 5.56 Å². The fourth-order valence-corrected chi connectivity index (χ4v) is 9.12. The molecule has 1 saturated carbocycles. The van der Waals surface area contributed by atoms with Crippen molar-refractivity contribution in [2.24, 2.45) is 0 Å². The number of hydrogen-bond acceptors (Lipinski definition) is 1. The first-order valence-corrected chi connectivity index (χ1v) is 14.9. The van der Waals surface area contributed by atoms with Crippen molar-refractivity contribution >= 4 is 56.3 Å². The van der Waals surface area contributed by atoms with Crippen LogP contribution < -0.4 is 21.3 Å². The maximum Gasteiger partial charge on any atom is 0.252 e. The topological polar surface area (TPSA) is 8.17 Å². The van der Waals surface area contributed by atoms with Crippen molar-refractivity contribution in [2.45, 2.75) is 76.7 Å². The van der Waals surface area contributed by atoms with Crippen LogP contribution in [0.5, 0.6) is 0 Å². The number of nitrogens with zero attached hydrogens (tertiary/aromatic N) is 2. The Morgan fingerprint density at radius 3 is 2.36 bits per heavy atom. The van der Waals surface area contributed by atoms with Gasteiger partial charge in [-0.15, -0.1) is 0 Å². The fourth-order valence-electron chi connectivity index (χ4n) is 9.12. The Bertz CT molecular complexity index is 1910. The van der Waals surface area contributed by atoms with Crippen LogP contribution in [0.2, 0.25) is 0 Å². The van der Waals surface area contributed by atoms with Gasteiger partial charge >= 0.3 is 0 Å². The second-order valence-corrected chi connectivity index (χ2v) is 14.1. The molecule has 2 atom stereocenters. The third-order valence-corrected chi connectivity index (χ3v) is 11.3. The standard InChI is InChI=1S/C36H35BN2/c1-34(2,3)22-20-25-33-27(21-22)37-26-14-10-13-24-23-12-6-7-15-28(23)38(32(24)26)29-16-11-17-30(31(29)37)39(33)36(5)19-9-8-18-35(25,36)4/h6-7,10-17,20-21H,8-9,18-19H2,1-5H3. The number of rotatable bonds is 0. The quantitative estimate of drug-likeness (QED) is 0.202. The van der Waals surface area contributed by atoms with Crippen LogP contribution in [0.25, 0.3) is 27.5 Å². The smallest absolute Gasteiger partial charge is 0.252 e. The number of hydrogen-bond donors (Lipinski definition) is 0. The Kier molecular flexibility index (Phi) is 3.91. The fraction of sp³-hybridized carbons (Fsp3) is 0.333. The molecule has 1 fully saturated rings. The molecule has 2 nitrogen and oxygen atoms in total. The van der Waals surface area contributed by atoms with Gasteiger partial charge in [0.05, 0.1) is 11.1 Å². The van der Waals surface area contributed by atoms with Gasteiger partial charge in [0.1, 0.15) is 0 Å². The monoisotopic (exact) mass is 506 g/mol. The number of aromatic nitrogens is 1. The number of fused-ring (bicyclic) bond motifs is 10. The molecule has 2 unspecified atom stereocenters. The summed E-state index contributed by atoms with van der Waals surface area (Å²) in [5.74, 6) is 0. The van der Waals surface area contributed by atoms with E-state index in [1.165, 1.54) is 86.5 Å². The number of para-hydroxylation sites is 2. The maximum absolute atomic E-state index is 2.83. The summed E-state index contributed by atoms with van der Waals surface area (Å²) in [5.41, 5.74) is 14.9. The van der Waals surface area contributed by atoms with Crippen LogP contribution >= 0.6 is 0 Å². The molecule has 5 aromatic rings. The van der Waals surface area contributed by atoms with Gasteiger partial charge < -0.3 is 9.47 Å². The third kappa shape index (κ3) is 2.40. The van der Waals surface area contributed by atoms with Gasteiger partial charge in [-0.1, -0.05) is 95.1 Å². The molecule has 4 aromatic carbocycles. The van der Waals surface area contributed by atoms with Crippen LogP contribution in [0.4, 0.5) is 11.4 Å². The first-order chi connectivity index (χ1) is 18.7. The lowest BCUT2D eigenvalue weighted by atomic mass is 9.33. The van der Waals surface area contributed by atoms with Crippen molar-refractivity contribution in [3.05, 3.63) is 83.9 Å². The molecule has 192 valence electrons. The molecule has 0 spiro atoms. The van der Waals surface area contributed by atoms with Gasteiger partial charge in [-0.3, -0.25) is 0 Å². The van der Waals surface area contributed by atoms with Crippen LogP contribution in [-0.4, -0.2) is 16.8 Å². The van der Waals surface area contributed by atoms with E-state index in [0.717, 1.165) is 0 Å². The molecule has 0 saturated heterocycles. The van der Waals surface area contributed by atoms with E-state index in [4.69, 9.17) is 0 Å². The van der Waals surface area contributed by atoms with Crippen LogP contribution in [0.1, 0.15) is 71.4 Å². The van der Waals surface area contributed by atoms with Crippen LogP contribution in [0.3, 0.4) is 0 Å². The van der Waals surface area contributed by atoms with Gasteiger partial charge in [0, 0.05) is 38.8 Å². The minimum absolute atomic E-state index is 0.0734. The predicted molar refractivity (Wildman–Crippen MR) is 167 cm³/mol. The highest BCUT2D eigenvalue weighted by molar-refractivity contribution is 7.00. The van der Waals surface area contributed by atoms with E-state index in [2.05, 4.69) is 117 Å². The molecule has 1 aliphatic carbocycles. The molecular weight excluding hydrogens is 471 g/mol. The van der Waals surface area contributed by atoms with E-state index in [-0.39, 0.29) is 23.1 Å². The normalized spacial score (nSPS) is 24.2. The van der Waals surface area contributed by atoms with Crippen LogP contribution in [-0.2, 0) is 10.8 Å². The van der Waals surface area contributed by atoms with Crippen LogP contribution in [0.15, 0.2) is 72.8 Å². The average molecular weight is 507 g/mol. The molecule has 1 aromatic heterocycles. The van der Waals surface area contributed by atoms with Crippen molar-refractivity contribution in [3.63, 3.8) is 0 Å². The largest absolute Gasteiger partial charge is 0.335 e. The molecule has 39 heavy (non-hydrogen) atoms. The lowest BCUT2D eigenvalue weighted by Gasteiger charge is -2.52. The summed E-state index contributed by atoms with van der Waals surface area (Å²) in [6.45, 7) is 12.6. The van der Waals surface area contributed by atoms with Crippen molar-refractivity contribution in [3.8, 4) is 5.69 Å². The minimum atomic E-state index is 0.0734. The zero-order valence-corrected chi connectivity index (χ0v) is 23.7. The zero-order chi connectivity index (χ0) is 26.5. The summed E-state index contributed by atoms with van der Waals surface area (Å²) >= 11 is 0. The molecule has 0 radical (unpaired) electrons. The molecule has 3 heteroatoms. The van der Waals surface area contributed by atoms with Gasteiger partial charge in [-0.2, -0.15) is 0 Å². The molecule has 0 N–H and O–H groups in total. The first-order valence-electron chi connectivity index (χ1n) is 14.9. The second-order valence-electron chi connectivity index (χ2n) is 14.1. The summed E-state index contributed by atoms with van der Waals surface area (Å²) < 4.78 is 2.58. The lowest BCUT2D eigenvalue weighted by Crippen LogP contribution is -2.64. The SMILES string of the molecule is CC(C)(C)c1cc2c3c(c1)C1(C)CCCCC1(C)N3c1cccc3c1B2c1cccc2c4ccccc4n-3c12. The van der Waals surface area contributed by atoms with Crippen molar-refractivity contribution in [1.29, 1.82) is 0 Å². The molecule has 3 aliphatic heterocycles. The van der Waals surface area contributed by atoms with Crippen LogP contribution in [0, 0.1) is 0 Å². The summed E-state index contributed by atoms with van der Waals surface area (Å²) in [6, 6.07) is 28.4. The Hall–Kier alpha value is -3.46. The lowest BCUT2D eigenvalue weighted by molar-refractivity contribution is 0.195. The molecule has 0 amide bonds. The van der Waals surface area contributed by atoms with Gasteiger partial charge in [-0.25, -0.2) is 0 Å². The Balaban J connectivity index is 1.49. The average Bonchev–Trinajstić information content (AvgIpc) is 3.37. The summed E-state index contributed by atoms with van der Waals surface area (Å²) in [5, 5.41) is 2.73. The summed E-state index contributed by atoms with van der Waals surface area (Å²) in [7, 11) is 0. The first kappa shape index (κ1) is 22.4. The Labute approximate surface area is 231 Å². The highest BCUT2D eigenvalue weighted by Crippen LogP contribution is 2.61. The van der Waals surface area contributed by atoms with E-state index < -0.39 is 0 Å². The molecule has 4 heterocycles. The zero-order valence-electron chi connectivity index (χ0n) is 23.7. The molecular formula is C36H35BN2. The van der Waals surface area contributed by atoms with E-state index in [9.17, 15) is 0 Å². The minimum Gasteiger partial charge on any atom is -0.335 e. The van der Waals surface area contributed by atoms with Gasteiger partial charge in [-0.05, 0) is 70.9 Å². The van der Waals surface area contributed by atoms with Gasteiger partial charge in [0.2, 0.25) is 0 Å². The summed E-state index contributed by atoms with van der Waals surface area (Å²) in [4.78, 5) is 2.83. The van der Waals surface area contributed by atoms with Crippen molar-refractivity contribution in [2.75, 3.05) is 4.90 Å². The number of benzene rings is 4. The maximum atomic E-state index is 2.83. The predicted octanol–water partition coefficient (Wildman–Crippen LogP) is 6.97. The van der Waals surface area contributed by atoms with Crippen molar-refractivity contribution in [1.82, 2.24) is 4.57 Å². The van der Waals surface area contributed by atoms with Crippen molar-refractivity contribution < 1.29 is 0 Å². The van der Waals surface area contributed by atoms with E-state index >= 15 is 0 Å². The number of anilines is 2. The highest BCUT2D eigenvalue weighted by Gasteiger charge is 2.61. The second kappa shape index (κ2) is 6.81.